The molecule has 7 nitrogen and oxygen atoms in total. The van der Waals surface area contributed by atoms with Crippen LogP contribution in [0, 0.1) is 11.3 Å². The standard InChI is InChI=1S/C20H18N2O5S/c21-10-14-13-3-1-2-4-17(13)28-19(14)22-18(23)11-27-20(24)12-5-6-15-16(9-12)26-8-7-25-15/h5-6,9H,1-4,7-8,11H2,(H,22,23). The highest BCUT2D eigenvalue weighted by Gasteiger charge is 2.22. The number of esters is 1. The first-order valence-corrected chi connectivity index (χ1v) is 9.88. The zero-order valence-corrected chi connectivity index (χ0v) is 15.9. The molecule has 2 heterocycles. The molecule has 1 aliphatic carbocycles. The summed E-state index contributed by atoms with van der Waals surface area (Å²) < 4.78 is 16.0. The van der Waals surface area contributed by atoms with Crippen LogP contribution in [0.15, 0.2) is 18.2 Å². The molecule has 8 heteroatoms. The number of hydrogen-bond donors (Lipinski definition) is 1. The molecule has 0 atom stereocenters. The molecule has 4 rings (SSSR count). The number of carbonyl (C=O) groups is 2. The molecular weight excluding hydrogens is 380 g/mol. The Labute approximate surface area is 165 Å². The normalized spacial score (nSPS) is 14.5. The van der Waals surface area contributed by atoms with Crippen molar-refractivity contribution in [2.75, 3.05) is 25.1 Å². The number of ether oxygens (including phenoxy) is 3. The number of nitrogens with zero attached hydrogens (tertiary/aromatic N) is 1. The van der Waals surface area contributed by atoms with Crippen LogP contribution < -0.4 is 14.8 Å². The number of nitriles is 1. The maximum Gasteiger partial charge on any atom is 0.338 e. The van der Waals surface area contributed by atoms with Gasteiger partial charge in [-0.25, -0.2) is 4.79 Å². The number of nitrogens with one attached hydrogen (secondary N) is 1. The smallest absolute Gasteiger partial charge is 0.338 e. The number of anilines is 1. The Morgan fingerprint density at radius 1 is 1.18 bits per heavy atom. The first-order valence-electron chi connectivity index (χ1n) is 9.07. The van der Waals surface area contributed by atoms with E-state index in [-0.39, 0.29) is 5.56 Å². The van der Waals surface area contributed by atoms with Crippen molar-refractivity contribution in [3.63, 3.8) is 0 Å². The van der Waals surface area contributed by atoms with Gasteiger partial charge in [-0.1, -0.05) is 0 Å². The predicted molar refractivity (Wildman–Crippen MR) is 102 cm³/mol. The number of carbonyl (C=O) groups excluding carboxylic acids is 2. The minimum absolute atomic E-state index is 0.279. The van der Waals surface area contributed by atoms with Crippen molar-refractivity contribution in [2.45, 2.75) is 25.7 Å². The Morgan fingerprint density at radius 3 is 2.79 bits per heavy atom. The highest BCUT2D eigenvalue weighted by atomic mass is 32.1. The molecule has 0 radical (unpaired) electrons. The van der Waals surface area contributed by atoms with Crippen LogP contribution in [0.1, 0.15) is 39.2 Å². The van der Waals surface area contributed by atoms with E-state index in [0.29, 0.717) is 35.3 Å². The molecule has 0 bridgehead atoms. The average molecular weight is 398 g/mol. The number of aryl methyl sites for hydroxylation is 1. The molecule has 144 valence electrons. The second kappa shape index (κ2) is 7.90. The van der Waals surface area contributed by atoms with Crippen LogP contribution in [-0.2, 0) is 22.4 Å². The van der Waals surface area contributed by atoms with E-state index in [1.807, 2.05) is 0 Å². The first-order chi connectivity index (χ1) is 13.7. The van der Waals surface area contributed by atoms with Gasteiger partial charge >= 0.3 is 5.97 Å². The van der Waals surface area contributed by atoms with Crippen LogP contribution in [0.25, 0.3) is 0 Å². The van der Waals surface area contributed by atoms with Crippen molar-refractivity contribution < 1.29 is 23.8 Å². The van der Waals surface area contributed by atoms with Gasteiger partial charge in [0.25, 0.3) is 5.91 Å². The molecule has 0 saturated carbocycles. The molecule has 1 amide bonds. The number of hydrogen-bond acceptors (Lipinski definition) is 7. The number of rotatable bonds is 4. The first kappa shape index (κ1) is 18.3. The van der Waals surface area contributed by atoms with E-state index >= 15 is 0 Å². The molecule has 1 aromatic heterocycles. The van der Waals surface area contributed by atoms with E-state index in [9.17, 15) is 14.9 Å². The highest BCUT2D eigenvalue weighted by Crippen LogP contribution is 2.37. The fourth-order valence-electron chi connectivity index (χ4n) is 3.32. The molecule has 1 aromatic carbocycles. The second-order valence-electron chi connectivity index (χ2n) is 6.51. The topological polar surface area (TPSA) is 97.7 Å². The van der Waals surface area contributed by atoms with Crippen LogP contribution in [0.2, 0.25) is 0 Å². The number of fused-ring (bicyclic) bond motifs is 2. The van der Waals surface area contributed by atoms with E-state index < -0.39 is 18.5 Å². The zero-order valence-electron chi connectivity index (χ0n) is 15.1. The Morgan fingerprint density at radius 2 is 1.96 bits per heavy atom. The monoisotopic (exact) mass is 398 g/mol. The summed E-state index contributed by atoms with van der Waals surface area (Å²) in [6.07, 6.45) is 3.95. The summed E-state index contributed by atoms with van der Waals surface area (Å²) in [7, 11) is 0. The number of benzene rings is 1. The Balaban J connectivity index is 1.38. The molecule has 2 aliphatic rings. The third-order valence-corrected chi connectivity index (χ3v) is 5.86. The predicted octanol–water partition coefficient (Wildman–Crippen LogP) is 3.07. The lowest BCUT2D eigenvalue weighted by Gasteiger charge is -2.18. The third-order valence-electron chi connectivity index (χ3n) is 4.65. The molecule has 2 aromatic rings. The quantitative estimate of drug-likeness (QED) is 0.795. The highest BCUT2D eigenvalue weighted by molar-refractivity contribution is 7.16. The molecule has 0 saturated heterocycles. The summed E-state index contributed by atoms with van der Waals surface area (Å²) in [4.78, 5) is 25.6. The zero-order chi connectivity index (χ0) is 19.5. The summed E-state index contributed by atoms with van der Waals surface area (Å²) in [5.74, 6) is -0.0432. The van der Waals surface area contributed by atoms with Gasteiger partial charge in [-0.05, 0) is 49.4 Å². The fraction of sp³-hybridized carbons (Fsp3) is 0.350. The van der Waals surface area contributed by atoms with Gasteiger partial charge in [0.2, 0.25) is 0 Å². The van der Waals surface area contributed by atoms with Gasteiger partial charge in [-0.15, -0.1) is 11.3 Å². The van der Waals surface area contributed by atoms with E-state index in [1.54, 1.807) is 12.1 Å². The van der Waals surface area contributed by atoms with Crippen molar-refractivity contribution in [1.82, 2.24) is 0 Å². The average Bonchev–Trinajstić information content (AvgIpc) is 3.08. The Bertz CT molecular complexity index is 976. The van der Waals surface area contributed by atoms with Gasteiger partial charge in [0.1, 0.15) is 24.3 Å². The van der Waals surface area contributed by atoms with Crippen LogP contribution in [0.3, 0.4) is 0 Å². The van der Waals surface area contributed by atoms with E-state index in [4.69, 9.17) is 14.2 Å². The number of thiophene rings is 1. The van der Waals surface area contributed by atoms with E-state index in [1.165, 1.54) is 17.4 Å². The van der Waals surface area contributed by atoms with E-state index in [0.717, 1.165) is 36.1 Å². The van der Waals surface area contributed by atoms with Crippen molar-refractivity contribution in [1.29, 1.82) is 5.26 Å². The molecule has 0 spiro atoms. The summed E-state index contributed by atoms with van der Waals surface area (Å²) in [5, 5.41) is 12.7. The van der Waals surface area contributed by atoms with Gasteiger partial charge in [0, 0.05) is 4.88 Å². The third kappa shape index (κ3) is 3.66. The maximum atomic E-state index is 12.2. The van der Waals surface area contributed by atoms with E-state index in [2.05, 4.69) is 11.4 Å². The molecule has 0 fully saturated rings. The van der Waals surface area contributed by atoms with Crippen LogP contribution in [0.5, 0.6) is 11.5 Å². The minimum Gasteiger partial charge on any atom is -0.486 e. The minimum atomic E-state index is -0.627. The van der Waals surface area contributed by atoms with Gasteiger partial charge in [-0.2, -0.15) is 5.26 Å². The van der Waals surface area contributed by atoms with Crippen molar-refractivity contribution >= 4 is 28.2 Å². The molecule has 0 unspecified atom stereocenters. The van der Waals surface area contributed by atoms with Crippen molar-refractivity contribution in [3.05, 3.63) is 39.8 Å². The maximum absolute atomic E-state index is 12.2. The van der Waals surface area contributed by atoms with Gasteiger partial charge in [0.15, 0.2) is 18.1 Å². The Hall–Kier alpha value is -3.05. The lowest BCUT2D eigenvalue weighted by molar-refractivity contribution is -0.119. The summed E-state index contributed by atoms with van der Waals surface area (Å²) in [5.41, 5.74) is 1.86. The van der Waals surface area contributed by atoms with Crippen LogP contribution in [0.4, 0.5) is 5.00 Å². The van der Waals surface area contributed by atoms with Crippen molar-refractivity contribution in [2.24, 2.45) is 0 Å². The van der Waals surface area contributed by atoms with Crippen LogP contribution >= 0.6 is 11.3 Å². The molecule has 1 aliphatic heterocycles. The fourth-order valence-corrected chi connectivity index (χ4v) is 4.58. The summed E-state index contributed by atoms with van der Waals surface area (Å²) in [6, 6.07) is 6.93. The Kier molecular flexibility index (Phi) is 5.17. The van der Waals surface area contributed by atoms with Gasteiger partial charge < -0.3 is 19.5 Å². The summed E-state index contributed by atoms with van der Waals surface area (Å²) in [6.45, 7) is 0.453. The van der Waals surface area contributed by atoms with Crippen LogP contribution in [-0.4, -0.2) is 31.7 Å². The largest absolute Gasteiger partial charge is 0.486 e. The molecular formula is C20H18N2O5S. The lowest BCUT2D eigenvalue weighted by atomic mass is 9.96. The second-order valence-corrected chi connectivity index (χ2v) is 7.61. The summed E-state index contributed by atoms with van der Waals surface area (Å²) >= 11 is 1.44. The lowest BCUT2D eigenvalue weighted by Crippen LogP contribution is -2.21. The molecule has 28 heavy (non-hydrogen) atoms. The number of amides is 1. The molecule has 1 N–H and O–H groups in total. The van der Waals surface area contributed by atoms with Gasteiger partial charge in [-0.3, -0.25) is 4.79 Å². The van der Waals surface area contributed by atoms with Gasteiger partial charge in [0.05, 0.1) is 11.1 Å². The van der Waals surface area contributed by atoms with Crippen molar-refractivity contribution in [3.8, 4) is 17.6 Å². The SMILES string of the molecule is N#Cc1c(NC(=O)COC(=O)c2ccc3c(c2)OCCO3)sc2c1CCCC2.